The lowest BCUT2D eigenvalue weighted by Gasteiger charge is -2.18. The summed E-state index contributed by atoms with van der Waals surface area (Å²) in [5.41, 5.74) is 3.46. The number of pyridine rings is 1. The third kappa shape index (κ3) is 13.2. The largest absolute Gasteiger partial charge is 0.368 e. The van der Waals surface area contributed by atoms with E-state index in [0.717, 1.165) is 56.1 Å². The lowest BCUT2D eigenvalue weighted by Crippen LogP contribution is -2.29. The van der Waals surface area contributed by atoms with Crippen LogP contribution in [0.25, 0.3) is 0 Å². The number of nitrogens with one attached hydrogen (secondary N) is 1. The number of aliphatic imine (C=N–C) groups is 1. The van der Waals surface area contributed by atoms with Crippen molar-refractivity contribution in [2.75, 3.05) is 47.3 Å². The number of rotatable bonds is 8. The molecular formula is C26H39N5O3. The highest BCUT2D eigenvalue weighted by Gasteiger charge is 2.10. The average molecular weight is 470 g/mol. The van der Waals surface area contributed by atoms with Gasteiger partial charge in [-0.1, -0.05) is 30.3 Å². The van der Waals surface area contributed by atoms with E-state index in [1.54, 1.807) is 6.20 Å². The van der Waals surface area contributed by atoms with Gasteiger partial charge in [-0.05, 0) is 58.1 Å². The molecule has 1 aliphatic heterocycles. The molecule has 0 fully saturated rings. The van der Waals surface area contributed by atoms with Crippen molar-refractivity contribution in [3.8, 4) is 0 Å². The van der Waals surface area contributed by atoms with Crippen LogP contribution in [0.2, 0.25) is 0 Å². The van der Waals surface area contributed by atoms with E-state index in [9.17, 15) is 4.79 Å². The summed E-state index contributed by atoms with van der Waals surface area (Å²) in [5.74, 6) is 1.22. The molecule has 1 N–H and O–H groups in total. The van der Waals surface area contributed by atoms with E-state index in [1.807, 2.05) is 64.7 Å². The van der Waals surface area contributed by atoms with Crippen LogP contribution in [-0.4, -0.2) is 87.4 Å². The van der Waals surface area contributed by atoms with Crippen LogP contribution >= 0.6 is 0 Å². The second-order valence-electron chi connectivity index (χ2n) is 7.80. The molecule has 0 atom stereocenters. The van der Waals surface area contributed by atoms with Crippen LogP contribution in [0.15, 0.2) is 53.7 Å². The fourth-order valence-electron chi connectivity index (χ4n) is 3.03. The number of aromatic nitrogens is 1. The Kier molecular flexibility index (Phi) is 17.2. The van der Waals surface area contributed by atoms with Crippen molar-refractivity contribution in [1.82, 2.24) is 20.1 Å². The summed E-state index contributed by atoms with van der Waals surface area (Å²) in [4.78, 5) is 40.4. The molecule has 0 radical (unpaired) electrons. The van der Waals surface area contributed by atoms with Gasteiger partial charge in [0.1, 0.15) is 19.4 Å². The fraction of sp³-hybridized carbons (Fsp3) is 0.423. The molecule has 2 heterocycles. The molecule has 0 saturated carbocycles. The molecule has 186 valence electrons. The maximum atomic E-state index is 12.1. The SMILES string of the molecule is C=O.C=O.CN(C)CCCC(=O)N(C)CCc1ccc(C2=NCCN2)cc1.Cc1ccccn1. The van der Waals surface area contributed by atoms with E-state index in [0.29, 0.717) is 6.42 Å². The van der Waals surface area contributed by atoms with Gasteiger partial charge in [-0.25, -0.2) is 0 Å². The minimum Gasteiger partial charge on any atom is -0.368 e. The lowest BCUT2D eigenvalue weighted by atomic mass is 10.1. The Balaban J connectivity index is 0.000000826. The summed E-state index contributed by atoms with van der Waals surface area (Å²) in [6, 6.07) is 14.3. The zero-order valence-corrected chi connectivity index (χ0v) is 21.0. The van der Waals surface area contributed by atoms with Gasteiger partial charge in [0.25, 0.3) is 0 Å². The lowest BCUT2D eigenvalue weighted by molar-refractivity contribution is -0.130. The maximum absolute atomic E-state index is 12.1. The minimum atomic E-state index is 0.230. The van der Waals surface area contributed by atoms with E-state index < -0.39 is 0 Å². The number of nitrogens with zero attached hydrogens (tertiary/aromatic N) is 4. The van der Waals surface area contributed by atoms with Crippen LogP contribution in [0.5, 0.6) is 0 Å². The summed E-state index contributed by atoms with van der Waals surface area (Å²) < 4.78 is 0. The molecule has 1 aliphatic rings. The highest BCUT2D eigenvalue weighted by atomic mass is 16.2. The Hall–Kier alpha value is -3.39. The van der Waals surface area contributed by atoms with E-state index in [1.165, 1.54) is 5.56 Å². The Labute approximate surface area is 204 Å². The van der Waals surface area contributed by atoms with Gasteiger partial charge in [-0.3, -0.25) is 14.8 Å². The number of amides is 1. The minimum absolute atomic E-state index is 0.230. The molecule has 0 aliphatic carbocycles. The van der Waals surface area contributed by atoms with E-state index in [4.69, 9.17) is 9.59 Å². The Bertz CT molecular complexity index is 824. The summed E-state index contributed by atoms with van der Waals surface area (Å²) in [6.45, 7) is 9.48. The topological polar surface area (TPSA) is 95.0 Å². The number of carbonyl (C=O) groups excluding carboxylic acids is 3. The smallest absolute Gasteiger partial charge is 0.222 e. The van der Waals surface area contributed by atoms with Gasteiger partial charge in [0, 0.05) is 44.0 Å². The van der Waals surface area contributed by atoms with Gasteiger partial charge in [-0.2, -0.15) is 0 Å². The predicted molar refractivity (Wildman–Crippen MR) is 138 cm³/mol. The molecule has 1 aromatic heterocycles. The highest BCUT2D eigenvalue weighted by Crippen LogP contribution is 2.08. The maximum Gasteiger partial charge on any atom is 0.222 e. The Morgan fingerprint density at radius 2 is 1.68 bits per heavy atom. The van der Waals surface area contributed by atoms with Gasteiger partial charge in [0.05, 0.1) is 6.54 Å². The second kappa shape index (κ2) is 19.1. The quantitative estimate of drug-likeness (QED) is 0.638. The molecule has 0 saturated heterocycles. The number of benzene rings is 1. The van der Waals surface area contributed by atoms with E-state index in [-0.39, 0.29) is 5.91 Å². The summed E-state index contributed by atoms with van der Waals surface area (Å²) in [7, 11) is 5.96. The molecular weight excluding hydrogens is 430 g/mol. The molecule has 2 aromatic rings. The summed E-state index contributed by atoms with van der Waals surface area (Å²) in [6.07, 6.45) is 4.21. The first-order chi connectivity index (χ1) is 16.5. The molecule has 0 unspecified atom stereocenters. The van der Waals surface area contributed by atoms with Crippen molar-refractivity contribution < 1.29 is 14.4 Å². The Morgan fingerprint density at radius 1 is 1.00 bits per heavy atom. The third-order valence-corrected chi connectivity index (χ3v) is 4.87. The summed E-state index contributed by atoms with van der Waals surface area (Å²) in [5, 5.41) is 3.28. The number of aryl methyl sites for hydroxylation is 1. The van der Waals surface area contributed by atoms with Crippen molar-refractivity contribution in [2.24, 2.45) is 4.99 Å². The van der Waals surface area contributed by atoms with Crippen LogP contribution in [0.3, 0.4) is 0 Å². The summed E-state index contributed by atoms with van der Waals surface area (Å²) >= 11 is 0. The zero-order valence-electron chi connectivity index (χ0n) is 21.0. The first-order valence-corrected chi connectivity index (χ1v) is 11.2. The number of hydrogen-bond acceptors (Lipinski definition) is 7. The normalized spacial score (nSPS) is 11.4. The predicted octanol–water partition coefficient (Wildman–Crippen LogP) is 2.40. The second-order valence-corrected chi connectivity index (χ2v) is 7.80. The van der Waals surface area contributed by atoms with Crippen LogP contribution in [0, 0.1) is 6.92 Å². The van der Waals surface area contributed by atoms with Crippen molar-refractivity contribution in [1.29, 1.82) is 0 Å². The van der Waals surface area contributed by atoms with Crippen molar-refractivity contribution >= 4 is 25.3 Å². The number of hydrogen-bond donors (Lipinski definition) is 1. The molecule has 0 bridgehead atoms. The third-order valence-electron chi connectivity index (χ3n) is 4.87. The van der Waals surface area contributed by atoms with Gasteiger partial charge in [0.2, 0.25) is 5.91 Å². The Morgan fingerprint density at radius 3 is 2.15 bits per heavy atom. The monoisotopic (exact) mass is 469 g/mol. The van der Waals surface area contributed by atoms with Crippen LogP contribution in [0.1, 0.15) is 29.7 Å². The van der Waals surface area contributed by atoms with Crippen LogP contribution in [0.4, 0.5) is 0 Å². The van der Waals surface area contributed by atoms with Crippen molar-refractivity contribution in [3.63, 3.8) is 0 Å². The van der Waals surface area contributed by atoms with Gasteiger partial charge < -0.3 is 24.7 Å². The number of amidine groups is 1. The zero-order chi connectivity index (χ0) is 25.8. The van der Waals surface area contributed by atoms with E-state index >= 15 is 0 Å². The van der Waals surface area contributed by atoms with Gasteiger partial charge >= 0.3 is 0 Å². The van der Waals surface area contributed by atoms with Crippen molar-refractivity contribution in [3.05, 3.63) is 65.5 Å². The molecule has 1 amide bonds. The average Bonchev–Trinajstić information content (AvgIpc) is 3.41. The van der Waals surface area contributed by atoms with E-state index in [2.05, 4.69) is 44.5 Å². The van der Waals surface area contributed by atoms with Crippen molar-refractivity contribution in [2.45, 2.75) is 26.2 Å². The first-order valence-electron chi connectivity index (χ1n) is 11.2. The van der Waals surface area contributed by atoms with Crippen LogP contribution < -0.4 is 5.32 Å². The molecule has 0 spiro atoms. The molecule has 3 rings (SSSR count). The number of likely N-dealkylation sites (N-methyl/N-ethyl adjacent to an activating group) is 1. The highest BCUT2D eigenvalue weighted by molar-refractivity contribution is 5.99. The standard InChI is InChI=1S/C18H28N4O.C6H7N.2CH2O/c1-21(2)13-4-5-17(23)22(3)14-10-15-6-8-16(9-7-15)18-19-11-12-20-18;1-6-4-2-3-5-7-6;2*1-2/h6-9H,4-5,10-14H2,1-3H3,(H,19,20);2-5H,1H3;2*1H2. The fourth-order valence-corrected chi connectivity index (χ4v) is 3.03. The van der Waals surface area contributed by atoms with Gasteiger partial charge in [-0.15, -0.1) is 0 Å². The molecule has 8 heteroatoms. The molecule has 8 nitrogen and oxygen atoms in total. The first kappa shape index (κ1) is 30.6. The van der Waals surface area contributed by atoms with Gasteiger partial charge in [0.15, 0.2) is 0 Å². The molecule has 1 aromatic carbocycles. The molecule has 34 heavy (non-hydrogen) atoms. The number of carbonyl (C=O) groups is 3. The van der Waals surface area contributed by atoms with Crippen LogP contribution in [-0.2, 0) is 20.8 Å².